The Bertz CT molecular complexity index is 983. The van der Waals surface area contributed by atoms with Crippen molar-refractivity contribution in [2.24, 2.45) is 0 Å². The molecule has 0 saturated heterocycles. The van der Waals surface area contributed by atoms with Crippen LogP contribution >= 0.6 is 0 Å². The maximum atomic E-state index is 11.7. The van der Waals surface area contributed by atoms with Gasteiger partial charge < -0.3 is 26.8 Å². The third-order valence-corrected chi connectivity index (χ3v) is 3.95. The van der Waals surface area contributed by atoms with Crippen LogP contribution < -0.4 is 11.5 Å². The van der Waals surface area contributed by atoms with Gasteiger partial charge in [0.25, 0.3) is 0 Å². The van der Waals surface area contributed by atoms with E-state index in [1.165, 1.54) is 24.3 Å². The number of phenolic OH excluding ortho intramolecular Hbond substituents is 2. The fourth-order valence-corrected chi connectivity index (χ4v) is 2.70. The van der Waals surface area contributed by atoms with Crippen LogP contribution in [0.2, 0.25) is 0 Å². The standard InChI is InChI=1S/C19H16N2O4/c20-14-6-4-11(9-17(14)23)18-12(2-1-3-13(18)19(24)25)10-5-7-16(22)15(21)8-10/h1-9,22-23H,20-21H2,(H,24,25). The molecule has 6 heteroatoms. The van der Waals surface area contributed by atoms with E-state index in [-0.39, 0.29) is 28.4 Å². The van der Waals surface area contributed by atoms with Crippen LogP contribution in [0.1, 0.15) is 10.4 Å². The highest BCUT2D eigenvalue weighted by Crippen LogP contribution is 2.39. The molecule has 3 aromatic rings. The minimum Gasteiger partial charge on any atom is -0.506 e. The monoisotopic (exact) mass is 336 g/mol. The lowest BCUT2D eigenvalue weighted by Gasteiger charge is -2.15. The maximum absolute atomic E-state index is 11.7. The summed E-state index contributed by atoms with van der Waals surface area (Å²) in [4.78, 5) is 11.7. The number of phenols is 2. The van der Waals surface area contributed by atoms with Gasteiger partial charge in [-0.2, -0.15) is 0 Å². The summed E-state index contributed by atoms with van der Waals surface area (Å²) >= 11 is 0. The second kappa shape index (κ2) is 6.09. The van der Waals surface area contributed by atoms with Crippen LogP contribution in [0.15, 0.2) is 54.6 Å². The Hall–Kier alpha value is -3.67. The summed E-state index contributed by atoms with van der Waals surface area (Å²) in [7, 11) is 0. The number of carboxylic acid groups (broad SMARTS) is 1. The van der Waals surface area contributed by atoms with Gasteiger partial charge in [0, 0.05) is 5.56 Å². The Morgan fingerprint density at radius 1 is 0.800 bits per heavy atom. The molecule has 6 nitrogen and oxygen atoms in total. The van der Waals surface area contributed by atoms with Crippen LogP contribution in [0.5, 0.6) is 11.5 Å². The Labute approximate surface area is 143 Å². The summed E-state index contributed by atoms with van der Waals surface area (Å²) in [5, 5.41) is 29.1. The Morgan fingerprint density at radius 3 is 2.16 bits per heavy atom. The first-order valence-electron chi connectivity index (χ1n) is 7.42. The van der Waals surface area contributed by atoms with Crippen molar-refractivity contribution in [3.8, 4) is 33.8 Å². The van der Waals surface area contributed by atoms with E-state index in [0.29, 0.717) is 22.3 Å². The third kappa shape index (κ3) is 2.92. The number of hydrogen-bond donors (Lipinski definition) is 5. The van der Waals surface area contributed by atoms with Gasteiger partial charge in [0.05, 0.1) is 16.9 Å². The molecule has 0 aliphatic heterocycles. The molecule has 0 aromatic heterocycles. The summed E-state index contributed by atoms with van der Waals surface area (Å²) < 4.78 is 0. The van der Waals surface area contributed by atoms with E-state index in [0.717, 1.165) is 0 Å². The van der Waals surface area contributed by atoms with Crippen molar-refractivity contribution in [1.29, 1.82) is 0 Å². The number of carbonyl (C=O) groups is 1. The Morgan fingerprint density at radius 2 is 1.52 bits per heavy atom. The molecule has 0 radical (unpaired) electrons. The molecule has 0 bridgehead atoms. The number of aromatic carboxylic acids is 1. The normalized spacial score (nSPS) is 10.6. The summed E-state index contributed by atoms with van der Waals surface area (Å²) in [6.45, 7) is 0. The first-order valence-corrected chi connectivity index (χ1v) is 7.42. The summed E-state index contributed by atoms with van der Waals surface area (Å²) in [5.74, 6) is -1.28. The van der Waals surface area contributed by atoms with Gasteiger partial charge in [-0.25, -0.2) is 4.79 Å². The molecule has 0 aliphatic carbocycles. The predicted molar refractivity (Wildman–Crippen MR) is 96.4 cm³/mol. The molecule has 7 N–H and O–H groups in total. The van der Waals surface area contributed by atoms with E-state index in [1.54, 1.807) is 30.3 Å². The number of hydrogen-bond acceptors (Lipinski definition) is 5. The zero-order chi connectivity index (χ0) is 18.1. The smallest absolute Gasteiger partial charge is 0.336 e. The third-order valence-electron chi connectivity index (χ3n) is 3.95. The molecule has 0 aliphatic rings. The molecule has 126 valence electrons. The van der Waals surface area contributed by atoms with Crippen LogP contribution in [-0.4, -0.2) is 21.3 Å². The molecular weight excluding hydrogens is 320 g/mol. The number of benzene rings is 3. The topological polar surface area (TPSA) is 130 Å². The lowest BCUT2D eigenvalue weighted by molar-refractivity contribution is 0.0697. The maximum Gasteiger partial charge on any atom is 0.336 e. The SMILES string of the molecule is Nc1cc(-c2cccc(C(=O)O)c2-c2ccc(N)c(O)c2)ccc1O. The van der Waals surface area contributed by atoms with Crippen LogP contribution in [0.4, 0.5) is 11.4 Å². The molecule has 0 spiro atoms. The van der Waals surface area contributed by atoms with Gasteiger partial charge in [0.15, 0.2) is 0 Å². The van der Waals surface area contributed by atoms with E-state index in [4.69, 9.17) is 11.5 Å². The Kier molecular flexibility index (Phi) is 3.94. The summed E-state index contributed by atoms with van der Waals surface area (Å²) in [5.41, 5.74) is 14.1. The quantitative estimate of drug-likeness (QED) is 0.368. The minimum atomic E-state index is -1.10. The van der Waals surface area contributed by atoms with Gasteiger partial charge in [0.1, 0.15) is 11.5 Å². The summed E-state index contributed by atoms with van der Waals surface area (Å²) in [6, 6.07) is 14.1. The molecule has 0 saturated carbocycles. The highest BCUT2D eigenvalue weighted by atomic mass is 16.4. The van der Waals surface area contributed by atoms with Crippen molar-refractivity contribution >= 4 is 17.3 Å². The lowest BCUT2D eigenvalue weighted by Crippen LogP contribution is -2.01. The van der Waals surface area contributed by atoms with E-state index in [9.17, 15) is 20.1 Å². The highest BCUT2D eigenvalue weighted by molar-refractivity contribution is 6.01. The average molecular weight is 336 g/mol. The van der Waals surface area contributed by atoms with Gasteiger partial charge in [-0.1, -0.05) is 24.3 Å². The van der Waals surface area contributed by atoms with Crippen LogP contribution in [0.25, 0.3) is 22.3 Å². The first kappa shape index (κ1) is 16.2. The molecule has 0 atom stereocenters. The second-order valence-electron chi connectivity index (χ2n) is 5.58. The molecule has 3 rings (SSSR count). The molecule has 0 fully saturated rings. The van der Waals surface area contributed by atoms with Gasteiger partial charge >= 0.3 is 5.97 Å². The van der Waals surface area contributed by atoms with Gasteiger partial charge in [0.2, 0.25) is 0 Å². The fraction of sp³-hybridized carbons (Fsp3) is 0. The predicted octanol–water partition coefficient (Wildman–Crippen LogP) is 3.29. The number of nitrogen functional groups attached to an aromatic ring is 2. The number of nitrogens with two attached hydrogens (primary N) is 2. The Balaban J connectivity index is 2.32. The van der Waals surface area contributed by atoms with Crippen molar-refractivity contribution in [2.45, 2.75) is 0 Å². The number of rotatable bonds is 3. The van der Waals surface area contributed by atoms with Crippen molar-refractivity contribution < 1.29 is 20.1 Å². The molecule has 25 heavy (non-hydrogen) atoms. The molecule has 3 aromatic carbocycles. The molecule has 0 heterocycles. The highest BCUT2D eigenvalue weighted by Gasteiger charge is 2.18. The average Bonchev–Trinajstić information content (AvgIpc) is 2.59. The van der Waals surface area contributed by atoms with Crippen molar-refractivity contribution in [3.05, 3.63) is 60.2 Å². The zero-order valence-corrected chi connectivity index (χ0v) is 13.1. The van der Waals surface area contributed by atoms with E-state index >= 15 is 0 Å². The van der Waals surface area contributed by atoms with Crippen LogP contribution in [0.3, 0.4) is 0 Å². The van der Waals surface area contributed by atoms with Crippen LogP contribution in [-0.2, 0) is 0 Å². The second-order valence-corrected chi connectivity index (χ2v) is 5.58. The van der Waals surface area contributed by atoms with E-state index in [1.807, 2.05) is 0 Å². The summed E-state index contributed by atoms with van der Waals surface area (Å²) in [6.07, 6.45) is 0. The lowest BCUT2D eigenvalue weighted by atomic mass is 9.90. The zero-order valence-electron chi connectivity index (χ0n) is 13.1. The van der Waals surface area contributed by atoms with E-state index < -0.39 is 5.97 Å². The van der Waals surface area contributed by atoms with Gasteiger partial charge in [-0.3, -0.25) is 0 Å². The fourth-order valence-electron chi connectivity index (χ4n) is 2.70. The molecule has 0 amide bonds. The minimum absolute atomic E-state index is 0.0511. The van der Waals surface area contributed by atoms with Gasteiger partial charge in [-0.05, 0) is 47.0 Å². The molecular formula is C19H16N2O4. The van der Waals surface area contributed by atoms with Crippen molar-refractivity contribution in [3.63, 3.8) is 0 Å². The largest absolute Gasteiger partial charge is 0.506 e. The van der Waals surface area contributed by atoms with Crippen LogP contribution in [0, 0.1) is 0 Å². The number of anilines is 2. The van der Waals surface area contributed by atoms with Crippen molar-refractivity contribution in [2.75, 3.05) is 11.5 Å². The number of aromatic hydroxyl groups is 2. The van der Waals surface area contributed by atoms with Gasteiger partial charge in [-0.15, -0.1) is 0 Å². The van der Waals surface area contributed by atoms with Crippen molar-refractivity contribution in [1.82, 2.24) is 0 Å². The molecule has 0 unspecified atom stereocenters. The first-order chi connectivity index (χ1) is 11.9. The van der Waals surface area contributed by atoms with E-state index in [2.05, 4.69) is 0 Å². The number of carboxylic acids is 1.